The number of ether oxygens (including phenoxy) is 1. The van der Waals surface area contributed by atoms with Gasteiger partial charge in [0.15, 0.2) is 5.96 Å². The molecule has 1 aromatic carbocycles. The standard InChI is InChI=1S/C21H30N4OS.HI/c1-16-4-8-18(9-5-16)20-25-19(15-27-20)10-12-24-21(22-2)23-11-3-13-26-14-17-6-7-17;/h4-5,8-9,15,17H,3,6-7,10-14H2,1-2H3,(H2,22,23,24);1H. The minimum Gasteiger partial charge on any atom is -0.381 e. The van der Waals surface area contributed by atoms with E-state index in [1.807, 2.05) is 0 Å². The molecule has 1 aliphatic carbocycles. The summed E-state index contributed by atoms with van der Waals surface area (Å²) in [7, 11) is 1.80. The predicted molar refractivity (Wildman–Crippen MR) is 129 cm³/mol. The lowest BCUT2D eigenvalue weighted by Crippen LogP contribution is -2.39. The topological polar surface area (TPSA) is 58.5 Å². The largest absolute Gasteiger partial charge is 0.381 e. The van der Waals surface area contributed by atoms with Crippen LogP contribution >= 0.6 is 35.3 Å². The van der Waals surface area contributed by atoms with Crippen LogP contribution in [0.4, 0.5) is 0 Å². The zero-order valence-electron chi connectivity index (χ0n) is 16.7. The molecule has 2 aromatic rings. The molecule has 0 saturated heterocycles. The lowest BCUT2D eigenvalue weighted by molar-refractivity contribution is 0.123. The Labute approximate surface area is 189 Å². The number of hydrogen-bond acceptors (Lipinski definition) is 4. The minimum atomic E-state index is 0. The molecule has 28 heavy (non-hydrogen) atoms. The van der Waals surface area contributed by atoms with E-state index in [1.165, 1.54) is 24.0 Å². The second kappa shape index (κ2) is 12.4. The number of halogens is 1. The third-order valence-corrected chi connectivity index (χ3v) is 5.50. The summed E-state index contributed by atoms with van der Waals surface area (Å²) in [4.78, 5) is 9.02. The van der Waals surface area contributed by atoms with Gasteiger partial charge in [0.1, 0.15) is 5.01 Å². The van der Waals surface area contributed by atoms with Crippen LogP contribution in [0.1, 0.15) is 30.5 Å². The van der Waals surface area contributed by atoms with Gasteiger partial charge in [0.05, 0.1) is 5.69 Å². The maximum atomic E-state index is 5.65. The zero-order valence-corrected chi connectivity index (χ0v) is 19.9. The SMILES string of the molecule is CN=C(NCCCOCC1CC1)NCCc1csc(-c2ccc(C)cc2)n1.I. The van der Waals surface area contributed by atoms with Crippen molar-refractivity contribution in [2.45, 2.75) is 32.6 Å². The van der Waals surface area contributed by atoms with Crippen molar-refractivity contribution in [2.75, 3.05) is 33.4 Å². The summed E-state index contributed by atoms with van der Waals surface area (Å²) in [6, 6.07) is 8.53. The fraction of sp³-hybridized carbons (Fsp3) is 0.524. The van der Waals surface area contributed by atoms with Crippen LogP contribution in [0.3, 0.4) is 0 Å². The Hall–Kier alpha value is -1.19. The Kier molecular flexibility index (Phi) is 10.2. The fourth-order valence-electron chi connectivity index (χ4n) is 2.70. The van der Waals surface area contributed by atoms with Crippen LogP contribution < -0.4 is 10.6 Å². The highest BCUT2D eigenvalue weighted by Gasteiger charge is 2.20. The number of aliphatic imine (C=N–C) groups is 1. The van der Waals surface area contributed by atoms with E-state index in [1.54, 1.807) is 18.4 Å². The van der Waals surface area contributed by atoms with Crippen molar-refractivity contribution >= 4 is 41.3 Å². The molecule has 7 heteroatoms. The summed E-state index contributed by atoms with van der Waals surface area (Å²) in [5.74, 6) is 1.68. The Morgan fingerprint density at radius 2 is 1.96 bits per heavy atom. The Bertz CT molecular complexity index is 728. The van der Waals surface area contributed by atoms with Gasteiger partial charge in [-0.25, -0.2) is 4.98 Å². The molecular formula is C21H31IN4OS. The molecule has 0 bridgehead atoms. The molecule has 0 spiro atoms. The maximum absolute atomic E-state index is 5.65. The van der Waals surface area contributed by atoms with Gasteiger partial charge >= 0.3 is 0 Å². The Morgan fingerprint density at radius 3 is 2.68 bits per heavy atom. The van der Waals surface area contributed by atoms with E-state index in [0.29, 0.717) is 0 Å². The molecule has 154 valence electrons. The Morgan fingerprint density at radius 1 is 1.21 bits per heavy atom. The van der Waals surface area contributed by atoms with E-state index in [4.69, 9.17) is 9.72 Å². The van der Waals surface area contributed by atoms with Crippen LogP contribution in [0, 0.1) is 12.8 Å². The first-order chi connectivity index (χ1) is 13.2. The molecule has 0 radical (unpaired) electrons. The quantitative estimate of drug-likeness (QED) is 0.215. The van der Waals surface area contributed by atoms with Crippen molar-refractivity contribution in [1.82, 2.24) is 15.6 Å². The number of benzene rings is 1. The molecule has 0 amide bonds. The van der Waals surface area contributed by atoms with Crippen LogP contribution in [0.2, 0.25) is 0 Å². The highest BCUT2D eigenvalue weighted by molar-refractivity contribution is 14.0. The number of guanidine groups is 1. The van der Waals surface area contributed by atoms with E-state index < -0.39 is 0 Å². The van der Waals surface area contributed by atoms with Gasteiger partial charge in [-0.3, -0.25) is 4.99 Å². The first kappa shape index (κ1) is 23.1. The van der Waals surface area contributed by atoms with Crippen molar-refractivity contribution in [3.05, 3.63) is 40.9 Å². The summed E-state index contributed by atoms with van der Waals surface area (Å²) < 4.78 is 5.65. The first-order valence-corrected chi connectivity index (χ1v) is 10.7. The average Bonchev–Trinajstić information content (AvgIpc) is 3.39. The van der Waals surface area contributed by atoms with Crippen LogP contribution in [-0.2, 0) is 11.2 Å². The molecule has 1 aromatic heterocycles. The molecular weight excluding hydrogens is 483 g/mol. The van der Waals surface area contributed by atoms with Crippen molar-refractivity contribution < 1.29 is 4.74 Å². The van der Waals surface area contributed by atoms with Crippen molar-refractivity contribution in [3.8, 4) is 10.6 Å². The number of aromatic nitrogens is 1. The van der Waals surface area contributed by atoms with Gasteiger partial charge in [-0.1, -0.05) is 29.8 Å². The van der Waals surface area contributed by atoms with Gasteiger partial charge in [0.25, 0.3) is 0 Å². The number of thiazole rings is 1. The maximum Gasteiger partial charge on any atom is 0.190 e. The number of nitrogens with one attached hydrogen (secondary N) is 2. The molecule has 0 unspecified atom stereocenters. The van der Waals surface area contributed by atoms with E-state index in [-0.39, 0.29) is 24.0 Å². The van der Waals surface area contributed by atoms with Crippen molar-refractivity contribution in [3.63, 3.8) is 0 Å². The lowest BCUT2D eigenvalue weighted by Gasteiger charge is -2.11. The molecule has 5 nitrogen and oxygen atoms in total. The third kappa shape index (κ3) is 8.05. The van der Waals surface area contributed by atoms with Crippen molar-refractivity contribution in [1.29, 1.82) is 0 Å². The Balaban J connectivity index is 0.00000280. The second-order valence-corrected chi connectivity index (χ2v) is 7.92. The smallest absolute Gasteiger partial charge is 0.190 e. The number of aryl methyl sites for hydroxylation is 1. The molecule has 2 N–H and O–H groups in total. The lowest BCUT2D eigenvalue weighted by atomic mass is 10.2. The molecule has 1 saturated carbocycles. The van der Waals surface area contributed by atoms with Gasteiger partial charge in [0.2, 0.25) is 0 Å². The fourth-order valence-corrected chi connectivity index (χ4v) is 3.56. The highest BCUT2D eigenvalue weighted by atomic mass is 127. The summed E-state index contributed by atoms with van der Waals surface area (Å²) in [5.41, 5.74) is 3.58. The van der Waals surface area contributed by atoms with E-state index >= 15 is 0 Å². The van der Waals surface area contributed by atoms with Crippen LogP contribution in [-0.4, -0.2) is 44.3 Å². The van der Waals surface area contributed by atoms with Gasteiger partial charge in [-0.2, -0.15) is 0 Å². The van der Waals surface area contributed by atoms with Crippen molar-refractivity contribution in [2.24, 2.45) is 10.9 Å². The minimum absolute atomic E-state index is 0. The van der Waals surface area contributed by atoms with Gasteiger partial charge in [-0.15, -0.1) is 35.3 Å². The summed E-state index contributed by atoms with van der Waals surface area (Å²) in [6.45, 7) is 5.55. The van der Waals surface area contributed by atoms with E-state index in [2.05, 4.69) is 52.2 Å². The molecule has 0 aliphatic heterocycles. The normalized spacial score (nSPS) is 13.9. The third-order valence-electron chi connectivity index (χ3n) is 4.56. The monoisotopic (exact) mass is 514 g/mol. The summed E-state index contributed by atoms with van der Waals surface area (Å²) >= 11 is 1.70. The van der Waals surface area contributed by atoms with Crippen LogP contribution in [0.25, 0.3) is 10.6 Å². The highest BCUT2D eigenvalue weighted by Crippen LogP contribution is 2.28. The zero-order chi connectivity index (χ0) is 18.9. The number of nitrogens with zero attached hydrogens (tertiary/aromatic N) is 2. The summed E-state index contributed by atoms with van der Waals surface area (Å²) in [6.07, 6.45) is 4.58. The summed E-state index contributed by atoms with van der Waals surface area (Å²) in [5, 5.41) is 9.92. The first-order valence-electron chi connectivity index (χ1n) is 9.78. The van der Waals surface area contributed by atoms with Gasteiger partial charge in [-0.05, 0) is 32.1 Å². The van der Waals surface area contributed by atoms with E-state index in [0.717, 1.165) is 61.7 Å². The van der Waals surface area contributed by atoms with Gasteiger partial charge < -0.3 is 15.4 Å². The molecule has 3 rings (SSSR count). The second-order valence-electron chi connectivity index (χ2n) is 7.06. The van der Waals surface area contributed by atoms with E-state index in [9.17, 15) is 0 Å². The molecule has 1 heterocycles. The number of rotatable bonds is 10. The molecule has 1 fully saturated rings. The molecule has 1 aliphatic rings. The van der Waals surface area contributed by atoms with Crippen LogP contribution in [0.15, 0.2) is 34.6 Å². The predicted octanol–water partition coefficient (Wildman–Crippen LogP) is 4.26. The average molecular weight is 514 g/mol. The number of hydrogen-bond donors (Lipinski definition) is 2. The van der Waals surface area contributed by atoms with Gasteiger partial charge in [0, 0.05) is 50.7 Å². The van der Waals surface area contributed by atoms with Crippen LogP contribution in [0.5, 0.6) is 0 Å². The molecule has 0 atom stereocenters.